The third-order valence-electron chi connectivity index (χ3n) is 5.12. The molecule has 0 amide bonds. The van der Waals surface area contributed by atoms with Gasteiger partial charge in [0.15, 0.2) is 5.65 Å². The van der Waals surface area contributed by atoms with E-state index < -0.39 is 5.97 Å². The van der Waals surface area contributed by atoms with Crippen molar-refractivity contribution in [3.05, 3.63) is 72.2 Å². The van der Waals surface area contributed by atoms with Gasteiger partial charge in [0, 0.05) is 18.4 Å². The normalized spacial score (nSPS) is 11.1. The van der Waals surface area contributed by atoms with Gasteiger partial charge in [0.25, 0.3) is 0 Å². The Kier molecular flexibility index (Phi) is 6.58. The molecule has 0 aliphatic carbocycles. The molecule has 7 nitrogen and oxygen atoms in total. The number of ether oxygens (including phenoxy) is 1. The highest BCUT2D eigenvalue weighted by molar-refractivity contribution is 5.95. The van der Waals surface area contributed by atoms with Crippen LogP contribution in [0.25, 0.3) is 22.4 Å². The second-order valence-corrected chi connectivity index (χ2v) is 8.17. The highest BCUT2D eigenvalue weighted by Crippen LogP contribution is 2.32. The van der Waals surface area contributed by atoms with Gasteiger partial charge in [-0.25, -0.2) is 19.7 Å². The number of carbonyl (C=O) groups excluding carboxylic acids is 1. The Morgan fingerprint density at radius 1 is 1.00 bits per heavy atom. The number of esters is 1. The van der Waals surface area contributed by atoms with Crippen LogP contribution in [0.5, 0.6) is 0 Å². The number of nitrogens with zero attached hydrogens (tertiary/aromatic N) is 5. The maximum Gasteiger partial charge on any atom is 0.376 e. The number of anilines is 2. The third-order valence-corrected chi connectivity index (χ3v) is 5.12. The second-order valence-electron chi connectivity index (χ2n) is 8.17. The van der Waals surface area contributed by atoms with Gasteiger partial charge >= 0.3 is 5.97 Å². The topological polar surface area (TPSA) is 81.1 Å². The number of benzene rings is 1. The van der Waals surface area contributed by atoms with E-state index in [1.807, 2.05) is 61.5 Å². The Morgan fingerprint density at radius 2 is 1.79 bits per heavy atom. The molecule has 4 aromatic rings. The van der Waals surface area contributed by atoms with Crippen LogP contribution < -0.4 is 4.90 Å². The molecular weight excluding hydrogens is 414 g/mol. The molecule has 0 N–H and O–H groups in total. The summed E-state index contributed by atoms with van der Waals surface area (Å²) in [4.78, 5) is 33.1. The third kappa shape index (κ3) is 4.82. The van der Waals surface area contributed by atoms with Crippen LogP contribution in [0.15, 0.2) is 60.8 Å². The van der Waals surface area contributed by atoms with E-state index in [0.717, 1.165) is 22.3 Å². The molecule has 7 heteroatoms. The van der Waals surface area contributed by atoms with E-state index in [-0.39, 0.29) is 12.4 Å². The quantitative estimate of drug-likeness (QED) is 0.357. The zero-order valence-electron chi connectivity index (χ0n) is 19.3. The molecule has 0 fully saturated rings. The molecule has 0 saturated carbocycles. The van der Waals surface area contributed by atoms with Crippen LogP contribution in [0.4, 0.5) is 11.5 Å². The van der Waals surface area contributed by atoms with Crippen LogP contribution in [-0.4, -0.2) is 39.1 Å². The van der Waals surface area contributed by atoms with Crippen molar-refractivity contribution >= 4 is 28.5 Å². The number of rotatable bonds is 7. The van der Waals surface area contributed by atoms with E-state index in [1.165, 1.54) is 0 Å². The van der Waals surface area contributed by atoms with Gasteiger partial charge in [-0.2, -0.15) is 0 Å². The van der Waals surface area contributed by atoms with E-state index in [1.54, 1.807) is 13.1 Å². The van der Waals surface area contributed by atoms with Crippen LogP contribution in [-0.2, 0) is 4.74 Å². The summed E-state index contributed by atoms with van der Waals surface area (Å²) < 4.78 is 5.21. The summed E-state index contributed by atoms with van der Waals surface area (Å²) in [5.41, 5.74) is 3.88. The monoisotopic (exact) mass is 441 g/mol. The molecule has 0 saturated heterocycles. The summed E-state index contributed by atoms with van der Waals surface area (Å²) in [5, 5.41) is 0.755. The number of pyridine rings is 2. The molecule has 1 aromatic carbocycles. The Morgan fingerprint density at radius 3 is 2.48 bits per heavy atom. The molecule has 0 aliphatic heterocycles. The average molecular weight is 442 g/mol. The van der Waals surface area contributed by atoms with Gasteiger partial charge in [-0.05, 0) is 55.7 Å². The molecule has 0 unspecified atom stereocenters. The minimum absolute atomic E-state index is 0.00794. The van der Waals surface area contributed by atoms with Crippen LogP contribution in [0.1, 0.15) is 37.0 Å². The smallest absolute Gasteiger partial charge is 0.376 e. The summed E-state index contributed by atoms with van der Waals surface area (Å²) in [5.74, 6) is 0.398. The molecule has 33 heavy (non-hydrogen) atoms. The standard InChI is InChI=1S/C26H27N5O2/c1-5-33-26(32)24-29-23-20(13-14-21(28-23)22-18(4)10-9-15-27-22)25(30-24)31(16-17(2)3)19-11-7-6-8-12-19/h6-15,17H,5,16H2,1-4H3. The van der Waals surface area contributed by atoms with Crippen molar-refractivity contribution in [1.82, 2.24) is 19.9 Å². The number of carbonyl (C=O) groups is 1. The van der Waals surface area contributed by atoms with E-state index >= 15 is 0 Å². The fourth-order valence-electron chi connectivity index (χ4n) is 3.66. The maximum atomic E-state index is 12.6. The van der Waals surface area contributed by atoms with Crippen molar-refractivity contribution in [3.8, 4) is 11.4 Å². The SMILES string of the molecule is CCOC(=O)c1nc(N(CC(C)C)c2ccccc2)c2ccc(-c3ncccc3C)nc2n1. The number of aryl methyl sites for hydroxylation is 1. The number of aromatic nitrogens is 4. The van der Waals surface area contributed by atoms with Gasteiger partial charge < -0.3 is 9.64 Å². The average Bonchev–Trinajstić information content (AvgIpc) is 2.82. The van der Waals surface area contributed by atoms with Crippen molar-refractivity contribution in [2.75, 3.05) is 18.1 Å². The number of fused-ring (bicyclic) bond motifs is 1. The van der Waals surface area contributed by atoms with Crippen LogP contribution >= 0.6 is 0 Å². The van der Waals surface area contributed by atoms with E-state index in [0.29, 0.717) is 29.6 Å². The lowest BCUT2D eigenvalue weighted by molar-refractivity contribution is 0.0512. The Labute approximate surface area is 193 Å². The molecule has 168 valence electrons. The molecule has 3 aromatic heterocycles. The second kappa shape index (κ2) is 9.73. The first-order chi connectivity index (χ1) is 16.0. The summed E-state index contributed by atoms with van der Waals surface area (Å²) in [6.07, 6.45) is 1.74. The molecule has 4 rings (SSSR count). The Balaban J connectivity index is 1.95. The lowest BCUT2D eigenvalue weighted by Crippen LogP contribution is -2.25. The van der Waals surface area contributed by atoms with Gasteiger partial charge in [0.05, 0.1) is 23.4 Å². The number of hydrogen-bond acceptors (Lipinski definition) is 7. The first-order valence-electron chi connectivity index (χ1n) is 11.1. The highest BCUT2D eigenvalue weighted by Gasteiger charge is 2.22. The van der Waals surface area contributed by atoms with Crippen molar-refractivity contribution in [3.63, 3.8) is 0 Å². The van der Waals surface area contributed by atoms with Crippen molar-refractivity contribution in [2.45, 2.75) is 27.7 Å². The molecule has 0 radical (unpaired) electrons. The van der Waals surface area contributed by atoms with E-state index in [2.05, 4.69) is 33.7 Å². The summed E-state index contributed by atoms with van der Waals surface area (Å²) >= 11 is 0. The fraction of sp³-hybridized carbons (Fsp3) is 0.269. The molecular formula is C26H27N5O2. The molecule has 3 heterocycles. The van der Waals surface area contributed by atoms with Gasteiger partial charge in [-0.15, -0.1) is 0 Å². The largest absolute Gasteiger partial charge is 0.460 e. The predicted octanol–water partition coefficient (Wildman–Crippen LogP) is 5.37. The summed E-state index contributed by atoms with van der Waals surface area (Å²) in [6, 6.07) is 17.8. The van der Waals surface area contributed by atoms with Crippen LogP contribution in [0.3, 0.4) is 0 Å². The maximum absolute atomic E-state index is 12.6. The Hall–Kier alpha value is -3.87. The summed E-state index contributed by atoms with van der Waals surface area (Å²) in [7, 11) is 0. The lowest BCUT2D eigenvalue weighted by Gasteiger charge is -2.27. The molecule has 0 spiro atoms. The van der Waals surface area contributed by atoms with Crippen molar-refractivity contribution in [1.29, 1.82) is 0 Å². The highest BCUT2D eigenvalue weighted by atomic mass is 16.5. The number of hydrogen-bond donors (Lipinski definition) is 0. The molecule has 0 bridgehead atoms. The van der Waals surface area contributed by atoms with Gasteiger partial charge in [-0.1, -0.05) is 38.1 Å². The van der Waals surface area contributed by atoms with Gasteiger partial charge in [0.2, 0.25) is 5.82 Å². The number of para-hydroxylation sites is 1. The Bertz CT molecular complexity index is 1270. The predicted molar refractivity (Wildman–Crippen MR) is 130 cm³/mol. The van der Waals surface area contributed by atoms with Crippen molar-refractivity contribution in [2.24, 2.45) is 5.92 Å². The first kappa shape index (κ1) is 22.3. The molecule has 0 atom stereocenters. The minimum Gasteiger partial charge on any atom is -0.460 e. The lowest BCUT2D eigenvalue weighted by atomic mass is 10.1. The summed E-state index contributed by atoms with van der Waals surface area (Å²) in [6.45, 7) is 8.99. The first-order valence-corrected chi connectivity index (χ1v) is 11.1. The van der Waals surface area contributed by atoms with Gasteiger partial charge in [0.1, 0.15) is 5.82 Å². The zero-order valence-corrected chi connectivity index (χ0v) is 19.3. The fourth-order valence-corrected chi connectivity index (χ4v) is 3.66. The minimum atomic E-state index is -0.570. The van der Waals surface area contributed by atoms with Gasteiger partial charge in [-0.3, -0.25) is 4.98 Å². The van der Waals surface area contributed by atoms with Crippen LogP contribution in [0.2, 0.25) is 0 Å². The van der Waals surface area contributed by atoms with E-state index in [9.17, 15) is 4.79 Å². The molecule has 0 aliphatic rings. The van der Waals surface area contributed by atoms with E-state index in [4.69, 9.17) is 9.72 Å². The van der Waals surface area contributed by atoms with Crippen LogP contribution in [0, 0.1) is 12.8 Å². The zero-order chi connectivity index (χ0) is 23.4. The van der Waals surface area contributed by atoms with Crippen molar-refractivity contribution < 1.29 is 9.53 Å².